The van der Waals surface area contributed by atoms with E-state index in [1.54, 1.807) is 24.1 Å². The molecular formula is C20H18N2O3S. The summed E-state index contributed by atoms with van der Waals surface area (Å²) < 4.78 is 5.25. The van der Waals surface area contributed by atoms with Crippen molar-refractivity contribution in [2.24, 2.45) is 0 Å². The number of rotatable bonds is 3. The number of hydrogen-bond donors (Lipinski definition) is 1. The molecule has 1 aliphatic heterocycles. The number of aromatic amines is 1. The van der Waals surface area contributed by atoms with Crippen LogP contribution in [0, 0.1) is 0 Å². The first-order valence-electron chi connectivity index (χ1n) is 8.52. The quantitative estimate of drug-likeness (QED) is 0.717. The number of thiophene rings is 1. The van der Waals surface area contributed by atoms with Crippen molar-refractivity contribution in [2.75, 3.05) is 13.2 Å². The van der Waals surface area contributed by atoms with Gasteiger partial charge in [-0.15, -0.1) is 11.3 Å². The van der Waals surface area contributed by atoms with E-state index < -0.39 is 5.97 Å². The molecule has 3 heterocycles. The number of amides is 1. The third kappa shape index (κ3) is 2.82. The van der Waals surface area contributed by atoms with E-state index in [4.69, 9.17) is 4.74 Å². The molecule has 1 aliphatic rings. The van der Waals surface area contributed by atoms with Gasteiger partial charge in [-0.1, -0.05) is 24.3 Å². The van der Waals surface area contributed by atoms with E-state index in [0.717, 1.165) is 22.2 Å². The van der Waals surface area contributed by atoms with Gasteiger partial charge in [-0.3, -0.25) is 4.79 Å². The lowest BCUT2D eigenvalue weighted by Crippen LogP contribution is -2.27. The van der Waals surface area contributed by atoms with Gasteiger partial charge in [0.25, 0.3) is 5.91 Å². The van der Waals surface area contributed by atoms with Gasteiger partial charge in [0.1, 0.15) is 0 Å². The van der Waals surface area contributed by atoms with Crippen LogP contribution in [0.4, 0.5) is 0 Å². The number of para-hydroxylation sites is 1. The Morgan fingerprint density at radius 1 is 1.23 bits per heavy atom. The van der Waals surface area contributed by atoms with Crippen molar-refractivity contribution in [3.8, 4) is 0 Å². The van der Waals surface area contributed by atoms with Crippen LogP contribution in [0.5, 0.6) is 0 Å². The maximum atomic E-state index is 12.8. The van der Waals surface area contributed by atoms with Crippen LogP contribution in [-0.2, 0) is 16.0 Å². The minimum absolute atomic E-state index is 0.101. The lowest BCUT2D eigenvalue weighted by molar-refractivity contribution is -0.136. The molecule has 1 amide bonds. The Balaban J connectivity index is 1.82. The van der Waals surface area contributed by atoms with E-state index in [2.05, 4.69) is 4.98 Å². The summed E-state index contributed by atoms with van der Waals surface area (Å²) >= 11 is 1.40. The predicted octanol–water partition coefficient (Wildman–Crippen LogP) is 3.83. The molecule has 0 aliphatic carbocycles. The Hall–Kier alpha value is -2.86. The maximum absolute atomic E-state index is 12.8. The predicted molar refractivity (Wildman–Crippen MR) is 102 cm³/mol. The zero-order valence-corrected chi connectivity index (χ0v) is 15.1. The molecule has 26 heavy (non-hydrogen) atoms. The molecule has 1 aromatic carbocycles. The highest BCUT2D eigenvalue weighted by molar-refractivity contribution is 7.12. The monoisotopic (exact) mass is 366 g/mol. The summed E-state index contributed by atoms with van der Waals surface area (Å²) in [6, 6.07) is 11.6. The number of H-pyrrole nitrogens is 1. The van der Waals surface area contributed by atoms with E-state index in [0.29, 0.717) is 23.4 Å². The highest BCUT2D eigenvalue weighted by Crippen LogP contribution is 2.31. The van der Waals surface area contributed by atoms with Crippen molar-refractivity contribution >= 4 is 39.7 Å². The van der Waals surface area contributed by atoms with Crippen LogP contribution in [0.1, 0.15) is 27.9 Å². The second-order valence-corrected chi connectivity index (χ2v) is 6.96. The SMILES string of the molecule is CCOC(=O)C1=CN(C(=O)c2cccs2)CCc2c1[nH]c1ccccc21. The van der Waals surface area contributed by atoms with E-state index in [9.17, 15) is 9.59 Å². The van der Waals surface area contributed by atoms with Crippen molar-refractivity contribution in [1.82, 2.24) is 9.88 Å². The standard InChI is InChI=1S/C20H18N2O3S/c1-2-25-20(24)15-12-22(19(23)17-8-5-11-26-17)10-9-14-13-6-3-4-7-16(13)21-18(14)15/h3-8,11-12,21H,2,9-10H2,1H3. The van der Waals surface area contributed by atoms with Crippen molar-refractivity contribution in [1.29, 1.82) is 0 Å². The normalized spacial score (nSPS) is 13.9. The fourth-order valence-corrected chi connectivity index (χ4v) is 3.95. The number of fused-ring (bicyclic) bond motifs is 3. The average Bonchev–Trinajstić information content (AvgIpc) is 3.26. The Kier molecular flexibility index (Phi) is 4.34. The lowest BCUT2D eigenvalue weighted by atomic mass is 10.0. The molecule has 2 aromatic heterocycles. The number of benzene rings is 1. The van der Waals surface area contributed by atoms with Crippen molar-refractivity contribution in [3.63, 3.8) is 0 Å². The summed E-state index contributed by atoms with van der Waals surface area (Å²) in [7, 11) is 0. The van der Waals surface area contributed by atoms with Gasteiger partial charge in [-0.2, -0.15) is 0 Å². The Bertz CT molecular complexity index is 1000. The second kappa shape index (κ2) is 6.80. The summed E-state index contributed by atoms with van der Waals surface area (Å²) in [5.74, 6) is -0.526. The summed E-state index contributed by atoms with van der Waals surface area (Å²) in [6.45, 7) is 2.56. The fraction of sp³-hybridized carbons (Fsp3) is 0.200. The van der Waals surface area contributed by atoms with Crippen LogP contribution in [-0.4, -0.2) is 34.9 Å². The van der Waals surface area contributed by atoms with Crippen LogP contribution < -0.4 is 0 Å². The van der Waals surface area contributed by atoms with Crippen LogP contribution in [0.15, 0.2) is 48.0 Å². The molecule has 0 atom stereocenters. The van der Waals surface area contributed by atoms with Crippen molar-refractivity contribution in [3.05, 3.63) is 64.1 Å². The summed E-state index contributed by atoms with van der Waals surface area (Å²) in [6.07, 6.45) is 2.29. The molecule has 0 spiro atoms. The highest BCUT2D eigenvalue weighted by atomic mass is 32.1. The van der Waals surface area contributed by atoms with Gasteiger partial charge in [0.2, 0.25) is 0 Å². The highest BCUT2D eigenvalue weighted by Gasteiger charge is 2.27. The van der Waals surface area contributed by atoms with Gasteiger partial charge in [-0.05, 0) is 36.4 Å². The third-order valence-electron chi connectivity index (χ3n) is 4.46. The first-order chi connectivity index (χ1) is 12.7. The van der Waals surface area contributed by atoms with Crippen LogP contribution in [0.2, 0.25) is 0 Å². The van der Waals surface area contributed by atoms with Gasteiger partial charge >= 0.3 is 5.97 Å². The fourth-order valence-electron chi connectivity index (χ4n) is 3.27. The smallest absolute Gasteiger partial charge is 0.341 e. The molecule has 6 heteroatoms. The molecule has 5 nitrogen and oxygen atoms in total. The number of nitrogens with zero attached hydrogens (tertiary/aromatic N) is 1. The summed E-state index contributed by atoms with van der Waals surface area (Å²) in [5, 5.41) is 2.94. The van der Waals surface area contributed by atoms with E-state index in [-0.39, 0.29) is 12.5 Å². The Morgan fingerprint density at radius 2 is 2.08 bits per heavy atom. The number of carbonyl (C=O) groups is 2. The Morgan fingerprint density at radius 3 is 2.85 bits per heavy atom. The van der Waals surface area contributed by atoms with Crippen LogP contribution in [0.3, 0.4) is 0 Å². The van der Waals surface area contributed by atoms with Gasteiger partial charge in [0, 0.05) is 23.6 Å². The average molecular weight is 366 g/mol. The number of carbonyl (C=O) groups excluding carboxylic acids is 2. The number of aromatic nitrogens is 1. The van der Waals surface area contributed by atoms with Gasteiger partial charge in [-0.25, -0.2) is 4.79 Å². The lowest BCUT2D eigenvalue weighted by Gasteiger charge is -2.16. The largest absolute Gasteiger partial charge is 0.462 e. The zero-order chi connectivity index (χ0) is 18.1. The van der Waals surface area contributed by atoms with E-state index in [1.807, 2.05) is 35.7 Å². The molecule has 132 valence electrons. The molecule has 3 aromatic rings. The molecule has 0 saturated carbocycles. The molecule has 4 rings (SSSR count). The number of esters is 1. The second-order valence-electron chi connectivity index (χ2n) is 6.01. The third-order valence-corrected chi connectivity index (χ3v) is 5.32. The first kappa shape index (κ1) is 16.6. The summed E-state index contributed by atoms with van der Waals surface area (Å²) in [4.78, 5) is 31.0. The minimum atomic E-state index is -0.425. The van der Waals surface area contributed by atoms with E-state index >= 15 is 0 Å². The molecule has 0 saturated heterocycles. The van der Waals surface area contributed by atoms with Crippen LogP contribution >= 0.6 is 11.3 Å². The molecule has 0 fully saturated rings. The first-order valence-corrected chi connectivity index (χ1v) is 9.40. The van der Waals surface area contributed by atoms with Gasteiger partial charge in [0.15, 0.2) is 0 Å². The Labute approximate surface area is 154 Å². The summed E-state index contributed by atoms with van der Waals surface area (Å²) in [5.41, 5.74) is 3.15. The van der Waals surface area contributed by atoms with Gasteiger partial charge < -0.3 is 14.6 Å². The van der Waals surface area contributed by atoms with Gasteiger partial charge in [0.05, 0.1) is 22.8 Å². The molecule has 0 radical (unpaired) electrons. The molecule has 0 unspecified atom stereocenters. The molecule has 1 N–H and O–H groups in total. The number of nitrogens with one attached hydrogen (secondary N) is 1. The maximum Gasteiger partial charge on any atom is 0.341 e. The van der Waals surface area contributed by atoms with Crippen molar-refractivity contribution < 1.29 is 14.3 Å². The van der Waals surface area contributed by atoms with Crippen LogP contribution in [0.25, 0.3) is 16.5 Å². The number of hydrogen-bond acceptors (Lipinski definition) is 4. The van der Waals surface area contributed by atoms with Crippen molar-refractivity contribution in [2.45, 2.75) is 13.3 Å². The topological polar surface area (TPSA) is 62.4 Å². The zero-order valence-electron chi connectivity index (χ0n) is 14.3. The molecular weight excluding hydrogens is 348 g/mol. The minimum Gasteiger partial charge on any atom is -0.462 e. The number of ether oxygens (including phenoxy) is 1. The van der Waals surface area contributed by atoms with E-state index in [1.165, 1.54) is 11.3 Å². The molecule has 0 bridgehead atoms.